The summed E-state index contributed by atoms with van der Waals surface area (Å²) in [6.45, 7) is 0. The van der Waals surface area contributed by atoms with E-state index >= 15 is 0 Å². The van der Waals surface area contributed by atoms with Crippen LogP contribution in [-0.4, -0.2) is 23.2 Å². The van der Waals surface area contributed by atoms with Crippen LogP contribution in [0.1, 0.15) is 45.3 Å². The van der Waals surface area contributed by atoms with Crippen LogP contribution in [0.25, 0.3) is 23.1 Å². The zero-order chi connectivity index (χ0) is 23.2. The van der Waals surface area contributed by atoms with Crippen LogP contribution in [0, 0.1) is 0 Å². The van der Waals surface area contributed by atoms with E-state index in [0.29, 0.717) is 29.0 Å². The molecule has 4 aromatic rings. The summed E-state index contributed by atoms with van der Waals surface area (Å²) in [5.41, 5.74) is 4.84. The Morgan fingerprint density at radius 1 is 1.03 bits per heavy atom. The van der Waals surface area contributed by atoms with Gasteiger partial charge in [0, 0.05) is 10.4 Å². The van der Waals surface area contributed by atoms with Crippen LogP contribution in [0.2, 0.25) is 5.02 Å². The van der Waals surface area contributed by atoms with Gasteiger partial charge in [0.15, 0.2) is 0 Å². The number of benzene rings is 3. The maximum absolute atomic E-state index is 12.0. The lowest BCUT2D eigenvalue weighted by Gasteiger charge is -2.14. The van der Waals surface area contributed by atoms with Crippen LogP contribution < -0.4 is 0 Å². The third-order valence-corrected chi connectivity index (χ3v) is 5.74. The van der Waals surface area contributed by atoms with Crippen molar-refractivity contribution in [2.24, 2.45) is 0 Å². The first-order chi connectivity index (χ1) is 16.0. The minimum absolute atomic E-state index is 0.397. The van der Waals surface area contributed by atoms with E-state index in [2.05, 4.69) is 11.1 Å². The van der Waals surface area contributed by atoms with Crippen LogP contribution >= 0.6 is 11.6 Å². The molecule has 0 aliphatic carbocycles. The molecule has 0 radical (unpaired) electrons. The molecule has 0 bridgehead atoms. The highest BCUT2D eigenvalue weighted by atomic mass is 35.5. The van der Waals surface area contributed by atoms with Crippen LogP contribution in [0.3, 0.4) is 0 Å². The average Bonchev–Trinajstić information content (AvgIpc) is 2.85. The molecule has 1 aromatic heterocycles. The van der Waals surface area contributed by atoms with Crippen LogP contribution in [0.5, 0.6) is 0 Å². The maximum Gasteiger partial charge on any atom is 0.338 e. The first kappa shape index (κ1) is 22.7. The number of ether oxygens (including phenoxy) is 1. The number of aliphatic hydroxyl groups excluding tert-OH is 1. The molecule has 0 aliphatic heterocycles. The van der Waals surface area contributed by atoms with Gasteiger partial charge in [0.2, 0.25) is 0 Å². The number of hydrogen-bond donors (Lipinski definition) is 1. The summed E-state index contributed by atoms with van der Waals surface area (Å²) in [5.74, 6) is -0.443. The number of halogens is 1. The molecule has 5 heteroatoms. The zero-order valence-electron chi connectivity index (χ0n) is 18.2. The Bertz CT molecular complexity index is 1320. The molecular formula is C28H24ClNO3. The summed E-state index contributed by atoms with van der Waals surface area (Å²) in [6.07, 6.45) is 4.40. The monoisotopic (exact) mass is 457 g/mol. The van der Waals surface area contributed by atoms with Gasteiger partial charge in [0.05, 0.1) is 30.0 Å². The van der Waals surface area contributed by atoms with E-state index in [1.165, 1.54) is 7.11 Å². The Morgan fingerprint density at radius 3 is 2.70 bits per heavy atom. The summed E-state index contributed by atoms with van der Waals surface area (Å²) in [5, 5.41) is 12.4. The number of nitrogens with zero attached hydrogens (tertiary/aromatic N) is 1. The van der Waals surface area contributed by atoms with Crippen molar-refractivity contribution >= 4 is 40.6 Å². The Kier molecular flexibility index (Phi) is 7.18. The summed E-state index contributed by atoms with van der Waals surface area (Å²) in [4.78, 5) is 16.6. The highest BCUT2D eigenvalue weighted by Crippen LogP contribution is 2.24. The fraction of sp³-hybridized carbons (Fsp3) is 0.143. The van der Waals surface area contributed by atoms with Gasteiger partial charge >= 0.3 is 5.97 Å². The van der Waals surface area contributed by atoms with E-state index in [1.54, 1.807) is 18.2 Å². The SMILES string of the molecule is COC(=O)c1ccccc1[C@@H](O)CCc1cccc(C=Cc2ccc3ccc(Cl)cc3n2)c1. The third kappa shape index (κ3) is 5.67. The minimum Gasteiger partial charge on any atom is -0.465 e. The van der Waals surface area contributed by atoms with Gasteiger partial charge in [-0.3, -0.25) is 0 Å². The topological polar surface area (TPSA) is 59.4 Å². The second kappa shape index (κ2) is 10.4. The van der Waals surface area contributed by atoms with Crippen molar-refractivity contribution in [3.8, 4) is 0 Å². The number of aliphatic hydroxyl groups is 1. The predicted octanol–water partition coefficient (Wildman–Crippen LogP) is 6.51. The molecule has 3 aromatic carbocycles. The Labute approximate surface area is 198 Å². The highest BCUT2D eigenvalue weighted by molar-refractivity contribution is 6.31. The molecule has 0 unspecified atom stereocenters. The average molecular weight is 458 g/mol. The van der Waals surface area contributed by atoms with Crippen molar-refractivity contribution in [2.45, 2.75) is 18.9 Å². The number of carbonyl (C=O) groups excluding carboxylic acids is 1. The fourth-order valence-electron chi connectivity index (χ4n) is 3.78. The number of pyridine rings is 1. The Morgan fingerprint density at radius 2 is 1.85 bits per heavy atom. The number of esters is 1. The molecule has 0 aliphatic rings. The smallest absolute Gasteiger partial charge is 0.338 e. The number of methoxy groups -OCH3 is 1. The molecule has 4 rings (SSSR count). The Hall–Kier alpha value is -3.47. The number of aryl methyl sites for hydroxylation is 1. The molecule has 166 valence electrons. The summed E-state index contributed by atoms with van der Waals surface area (Å²) in [6, 6.07) is 24.8. The lowest BCUT2D eigenvalue weighted by atomic mass is 9.96. The second-order valence-electron chi connectivity index (χ2n) is 7.78. The van der Waals surface area contributed by atoms with Gasteiger partial charge in [-0.25, -0.2) is 9.78 Å². The lowest BCUT2D eigenvalue weighted by molar-refractivity contribution is 0.0592. The molecule has 0 fully saturated rings. The summed E-state index contributed by atoms with van der Waals surface area (Å²) < 4.78 is 4.83. The molecule has 4 nitrogen and oxygen atoms in total. The van der Waals surface area contributed by atoms with Gasteiger partial charge in [-0.05, 0) is 59.9 Å². The van der Waals surface area contributed by atoms with E-state index < -0.39 is 12.1 Å². The van der Waals surface area contributed by atoms with Crippen LogP contribution in [0.4, 0.5) is 0 Å². The van der Waals surface area contributed by atoms with Crippen LogP contribution in [-0.2, 0) is 11.2 Å². The van der Waals surface area contributed by atoms with Crippen molar-refractivity contribution in [3.05, 3.63) is 112 Å². The van der Waals surface area contributed by atoms with Crippen molar-refractivity contribution < 1.29 is 14.6 Å². The quantitative estimate of drug-likeness (QED) is 0.321. The normalized spacial score (nSPS) is 12.2. The fourth-order valence-corrected chi connectivity index (χ4v) is 3.94. The summed E-state index contributed by atoms with van der Waals surface area (Å²) >= 11 is 6.09. The van der Waals surface area contributed by atoms with Crippen molar-refractivity contribution in [1.29, 1.82) is 0 Å². The standard InChI is InChI=1S/C28H24ClNO3/c1-33-28(32)25-8-3-2-7-24(25)27(31)16-10-20-6-4-5-19(17-20)9-14-23-15-12-21-11-13-22(29)18-26(21)30-23/h2-9,11-15,17-18,27,31H,10,16H2,1H3/t27-/m0/s1. The number of aromatic nitrogens is 1. The van der Waals surface area contributed by atoms with E-state index in [-0.39, 0.29) is 0 Å². The number of fused-ring (bicyclic) bond motifs is 1. The second-order valence-corrected chi connectivity index (χ2v) is 8.22. The predicted molar refractivity (Wildman–Crippen MR) is 133 cm³/mol. The van der Waals surface area contributed by atoms with Gasteiger partial charge in [-0.15, -0.1) is 0 Å². The first-order valence-electron chi connectivity index (χ1n) is 10.7. The molecular weight excluding hydrogens is 434 g/mol. The number of rotatable bonds is 7. The molecule has 0 saturated carbocycles. The van der Waals surface area contributed by atoms with E-state index in [1.807, 2.05) is 66.7 Å². The zero-order valence-corrected chi connectivity index (χ0v) is 19.0. The minimum atomic E-state index is -0.756. The van der Waals surface area contributed by atoms with Crippen molar-refractivity contribution in [3.63, 3.8) is 0 Å². The van der Waals surface area contributed by atoms with Crippen molar-refractivity contribution in [1.82, 2.24) is 4.98 Å². The first-order valence-corrected chi connectivity index (χ1v) is 11.1. The molecule has 0 spiro atoms. The van der Waals surface area contributed by atoms with Gasteiger partial charge in [0.25, 0.3) is 0 Å². The van der Waals surface area contributed by atoms with Gasteiger partial charge in [-0.1, -0.05) is 72.3 Å². The molecule has 1 atom stereocenters. The molecule has 0 saturated heterocycles. The van der Waals surface area contributed by atoms with E-state index in [0.717, 1.165) is 27.7 Å². The molecule has 1 heterocycles. The van der Waals surface area contributed by atoms with Crippen LogP contribution in [0.15, 0.2) is 78.9 Å². The highest BCUT2D eigenvalue weighted by Gasteiger charge is 2.17. The summed E-state index contributed by atoms with van der Waals surface area (Å²) in [7, 11) is 1.34. The van der Waals surface area contributed by atoms with E-state index in [4.69, 9.17) is 16.3 Å². The largest absolute Gasteiger partial charge is 0.465 e. The van der Waals surface area contributed by atoms with Gasteiger partial charge < -0.3 is 9.84 Å². The molecule has 1 N–H and O–H groups in total. The molecule has 0 amide bonds. The van der Waals surface area contributed by atoms with Crippen molar-refractivity contribution in [2.75, 3.05) is 7.11 Å². The lowest BCUT2D eigenvalue weighted by Crippen LogP contribution is -2.09. The van der Waals surface area contributed by atoms with Gasteiger partial charge in [0.1, 0.15) is 0 Å². The number of carbonyl (C=O) groups is 1. The number of hydrogen-bond acceptors (Lipinski definition) is 4. The molecule has 33 heavy (non-hydrogen) atoms. The van der Waals surface area contributed by atoms with E-state index in [9.17, 15) is 9.90 Å². The third-order valence-electron chi connectivity index (χ3n) is 5.50. The Balaban J connectivity index is 1.45. The maximum atomic E-state index is 12.0. The van der Waals surface area contributed by atoms with Gasteiger partial charge in [-0.2, -0.15) is 0 Å².